The number of rotatable bonds is 11. The zero-order chi connectivity index (χ0) is 19.3. The Hall–Kier alpha value is -0.790. The smallest absolute Gasteiger partial charge is 0.308 e. The minimum absolute atomic E-state index is 0.0622. The molecule has 2 aliphatic carbocycles. The molecule has 0 saturated heterocycles. The maximum absolute atomic E-state index is 12.1. The molecule has 0 aliphatic heterocycles. The van der Waals surface area contributed by atoms with Crippen LogP contribution in [0.3, 0.4) is 0 Å². The van der Waals surface area contributed by atoms with E-state index in [1.165, 1.54) is 57.8 Å². The van der Waals surface area contributed by atoms with Crippen molar-refractivity contribution in [3.05, 3.63) is 12.2 Å². The average Bonchev–Trinajstić information content (AvgIpc) is 2.70. The number of esters is 1. The normalized spacial score (nSPS) is 29.1. The first kappa shape index (κ1) is 22.5. The average molecular weight is 377 g/mol. The highest BCUT2D eigenvalue weighted by atomic mass is 16.5. The van der Waals surface area contributed by atoms with Gasteiger partial charge in [0.05, 0.1) is 12.5 Å². The Morgan fingerprint density at radius 1 is 0.852 bits per heavy atom. The maximum atomic E-state index is 12.1. The van der Waals surface area contributed by atoms with Gasteiger partial charge in [0.15, 0.2) is 0 Å². The molecule has 0 unspecified atom stereocenters. The highest BCUT2D eigenvalue weighted by Crippen LogP contribution is 2.34. The highest BCUT2D eigenvalue weighted by molar-refractivity contribution is 5.72. The summed E-state index contributed by atoms with van der Waals surface area (Å²) in [4.78, 5) is 12.1. The molecule has 0 aromatic heterocycles. The minimum atomic E-state index is 0.0622. The van der Waals surface area contributed by atoms with Crippen molar-refractivity contribution in [2.24, 2.45) is 23.7 Å². The third-order valence-electron chi connectivity index (χ3n) is 6.91. The van der Waals surface area contributed by atoms with Gasteiger partial charge in [-0.25, -0.2) is 0 Å². The minimum Gasteiger partial charge on any atom is -0.465 e. The molecule has 0 heterocycles. The van der Waals surface area contributed by atoms with Crippen molar-refractivity contribution in [1.29, 1.82) is 0 Å². The van der Waals surface area contributed by atoms with Gasteiger partial charge in [0.25, 0.3) is 0 Å². The first-order valence-electron chi connectivity index (χ1n) is 12.1. The Morgan fingerprint density at radius 3 is 2.15 bits per heavy atom. The van der Waals surface area contributed by atoms with Crippen molar-refractivity contribution < 1.29 is 9.53 Å². The zero-order valence-electron chi connectivity index (χ0n) is 18.1. The van der Waals surface area contributed by atoms with Gasteiger partial charge in [-0.2, -0.15) is 0 Å². The van der Waals surface area contributed by atoms with Crippen LogP contribution in [0.1, 0.15) is 110 Å². The number of unbranched alkanes of at least 4 members (excludes halogenated alkanes) is 2. The summed E-state index contributed by atoms with van der Waals surface area (Å²) in [6.07, 6.45) is 23.9. The fraction of sp³-hybridized carbons (Fsp3) is 0.880. The van der Waals surface area contributed by atoms with Gasteiger partial charge in [-0.3, -0.25) is 4.79 Å². The topological polar surface area (TPSA) is 26.3 Å². The molecular formula is C25H44O2. The van der Waals surface area contributed by atoms with Crippen LogP contribution in [0.5, 0.6) is 0 Å². The van der Waals surface area contributed by atoms with Gasteiger partial charge in [-0.05, 0) is 62.7 Å². The van der Waals surface area contributed by atoms with E-state index in [1.54, 1.807) is 0 Å². The number of carbonyl (C=O) groups is 1. The monoisotopic (exact) mass is 376 g/mol. The molecule has 0 aromatic carbocycles. The van der Waals surface area contributed by atoms with Gasteiger partial charge in [0.1, 0.15) is 0 Å². The van der Waals surface area contributed by atoms with Crippen LogP contribution in [0.25, 0.3) is 0 Å². The van der Waals surface area contributed by atoms with Crippen LogP contribution >= 0.6 is 0 Å². The third kappa shape index (κ3) is 8.83. The van der Waals surface area contributed by atoms with Crippen LogP contribution in [0.4, 0.5) is 0 Å². The summed E-state index contributed by atoms with van der Waals surface area (Å²) in [6.45, 7) is 5.11. The predicted octanol–water partition coefficient (Wildman–Crippen LogP) is 7.47. The summed E-state index contributed by atoms with van der Waals surface area (Å²) in [5.74, 6) is 2.91. The summed E-state index contributed by atoms with van der Waals surface area (Å²) in [5, 5.41) is 0. The summed E-state index contributed by atoms with van der Waals surface area (Å²) in [5.41, 5.74) is 0. The van der Waals surface area contributed by atoms with Gasteiger partial charge in [-0.1, -0.05) is 77.4 Å². The van der Waals surface area contributed by atoms with Crippen LogP contribution in [0, 0.1) is 23.7 Å². The molecule has 0 spiro atoms. The SMILES string of the molecule is CCCCCOC(=O)C1CCC(/C=C/CCC2CCC(CCC)CC2)CC1. The molecule has 156 valence electrons. The summed E-state index contributed by atoms with van der Waals surface area (Å²) >= 11 is 0. The van der Waals surface area contributed by atoms with Gasteiger partial charge >= 0.3 is 5.97 Å². The third-order valence-corrected chi connectivity index (χ3v) is 6.91. The van der Waals surface area contributed by atoms with E-state index >= 15 is 0 Å². The Bertz CT molecular complexity index is 412. The standard InChI is InChI=1S/C25H44O2/c1-3-5-8-20-27-25(26)24-18-16-23(17-19-24)11-7-6-10-22-14-12-21(9-4-2)13-15-22/h7,11,21-24H,3-6,8-10,12-20H2,1-2H3/b11-7+. The van der Waals surface area contributed by atoms with E-state index in [0.717, 1.165) is 50.4 Å². The fourth-order valence-electron chi connectivity index (χ4n) is 5.03. The lowest BCUT2D eigenvalue weighted by molar-refractivity contribution is -0.150. The molecule has 27 heavy (non-hydrogen) atoms. The molecule has 0 atom stereocenters. The number of hydrogen-bond acceptors (Lipinski definition) is 2. The van der Waals surface area contributed by atoms with Gasteiger partial charge in [0.2, 0.25) is 0 Å². The Kier molecular flexibility index (Phi) is 11.2. The number of ether oxygens (including phenoxy) is 1. The second kappa shape index (κ2) is 13.4. The Morgan fingerprint density at radius 2 is 1.52 bits per heavy atom. The van der Waals surface area contributed by atoms with Crippen LogP contribution in [-0.4, -0.2) is 12.6 Å². The summed E-state index contributed by atoms with van der Waals surface area (Å²) in [7, 11) is 0. The van der Waals surface area contributed by atoms with E-state index in [2.05, 4.69) is 26.0 Å². The molecule has 0 aromatic rings. The molecule has 0 radical (unpaired) electrons. The highest BCUT2D eigenvalue weighted by Gasteiger charge is 2.26. The summed E-state index contributed by atoms with van der Waals surface area (Å²) < 4.78 is 5.45. The van der Waals surface area contributed by atoms with E-state index in [0.29, 0.717) is 12.5 Å². The Balaban J connectivity index is 1.53. The van der Waals surface area contributed by atoms with E-state index in [4.69, 9.17) is 4.74 Å². The number of allylic oxidation sites excluding steroid dienone is 2. The number of carbonyl (C=O) groups excluding carboxylic acids is 1. The quantitative estimate of drug-likeness (QED) is 0.212. The van der Waals surface area contributed by atoms with Crippen LogP contribution < -0.4 is 0 Å². The van der Waals surface area contributed by atoms with Crippen molar-refractivity contribution in [3.63, 3.8) is 0 Å². The van der Waals surface area contributed by atoms with E-state index in [-0.39, 0.29) is 11.9 Å². The molecule has 0 amide bonds. The van der Waals surface area contributed by atoms with Gasteiger partial charge in [0, 0.05) is 0 Å². The van der Waals surface area contributed by atoms with Gasteiger partial charge in [-0.15, -0.1) is 0 Å². The molecular weight excluding hydrogens is 332 g/mol. The molecule has 2 nitrogen and oxygen atoms in total. The maximum Gasteiger partial charge on any atom is 0.308 e. The van der Waals surface area contributed by atoms with Crippen LogP contribution in [0.15, 0.2) is 12.2 Å². The second-order valence-electron chi connectivity index (χ2n) is 9.17. The van der Waals surface area contributed by atoms with Crippen LogP contribution in [-0.2, 0) is 9.53 Å². The van der Waals surface area contributed by atoms with Crippen molar-refractivity contribution in [1.82, 2.24) is 0 Å². The van der Waals surface area contributed by atoms with Crippen molar-refractivity contribution in [2.45, 2.75) is 110 Å². The molecule has 2 fully saturated rings. The van der Waals surface area contributed by atoms with E-state index < -0.39 is 0 Å². The molecule has 2 aliphatic rings. The van der Waals surface area contributed by atoms with Gasteiger partial charge < -0.3 is 4.74 Å². The lowest BCUT2D eigenvalue weighted by Gasteiger charge is -2.28. The molecule has 0 N–H and O–H groups in total. The van der Waals surface area contributed by atoms with E-state index in [1.807, 2.05) is 0 Å². The van der Waals surface area contributed by atoms with Crippen LogP contribution in [0.2, 0.25) is 0 Å². The molecule has 0 bridgehead atoms. The zero-order valence-corrected chi connectivity index (χ0v) is 18.1. The summed E-state index contributed by atoms with van der Waals surface area (Å²) in [6, 6.07) is 0. The molecule has 2 rings (SSSR count). The Labute approximate surface area is 168 Å². The predicted molar refractivity (Wildman–Crippen MR) is 115 cm³/mol. The first-order valence-corrected chi connectivity index (χ1v) is 12.1. The largest absolute Gasteiger partial charge is 0.465 e. The van der Waals surface area contributed by atoms with Crippen molar-refractivity contribution >= 4 is 5.97 Å². The molecule has 2 heteroatoms. The van der Waals surface area contributed by atoms with Crippen molar-refractivity contribution in [2.75, 3.05) is 6.61 Å². The van der Waals surface area contributed by atoms with Crippen molar-refractivity contribution in [3.8, 4) is 0 Å². The second-order valence-corrected chi connectivity index (χ2v) is 9.17. The fourth-order valence-corrected chi connectivity index (χ4v) is 5.03. The lowest BCUT2D eigenvalue weighted by Crippen LogP contribution is -2.23. The number of hydrogen-bond donors (Lipinski definition) is 0. The molecule has 2 saturated carbocycles. The first-order chi connectivity index (χ1) is 13.2. The van der Waals surface area contributed by atoms with E-state index in [9.17, 15) is 4.79 Å². The lowest BCUT2D eigenvalue weighted by atomic mass is 9.78.